The minimum Gasteiger partial charge on any atom is -0.492 e. The Kier molecular flexibility index (Phi) is 5.84. The summed E-state index contributed by atoms with van der Waals surface area (Å²) in [6, 6.07) is 3.75. The van der Waals surface area contributed by atoms with Gasteiger partial charge in [0, 0.05) is 6.07 Å². The Morgan fingerprint density at radius 2 is 1.81 bits per heavy atom. The Balaban J connectivity index is 1.56. The molecule has 4 nitrogen and oxygen atoms in total. The zero-order chi connectivity index (χ0) is 18.6. The molecule has 0 bridgehead atoms. The summed E-state index contributed by atoms with van der Waals surface area (Å²) in [6.45, 7) is 0. The summed E-state index contributed by atoms with van der Waals surface area (Å²) < 4.78 is 40.7. The van der Waals surface area contributed by atoms with E-state index < -0.39 is 6.36 Å². The van der Waals surface area contributed by atoms with Gasteiger partial charge in [-0.05, 0) is 30.9 Å². The third-order valence-electron chi connectivity index (χ3n) is 4.92. The van der Waals surface area contributed by atoms with Crippen LogP contribution in [0.1, 0.15) is 57.1 Å². The minimum atomic E-state index is -4.76. The van der Waals surface area contributed by atoms with E-state index in [0.29, 0.717) is 17.6 Å². The second-order valence-corrected chi connectivity index (χ2v) is 6.94. The van der Waals surface area contributed by atoms with E-state index in [0.717, 1.165) is 24.8 Å². The van der Waals surface area contributed by atoms with E-state index in [9.17, 15) is 18.3 Å². The lowest BCUT2D eigenvalue weighted by molar-refractivity contribution is -0.274. The number of nitrogens with zero attached hydrogens (tertiary/aromatic N) is 2. The van der Waals surface area contributed by atoms with E-state index >= 15 is 0 Å². The van der Waals surface area contributed by atoms with E-state index in [2.05, 4.69) is 14.7 Å². The van der Waals surface area contributed by atoms with Crippen LogP contribution in [0, 0.1) is 5.92 Å². The van der Waals surface area contributed by atoms with Crippen LogP contribution in [0.4, 0.5) is 13.2 Å². The van der Waals surface area contributed by atoms with E-state index in [1.807, 2.05) is 0 Å². The molecule has 7 heteroatoms. The van der Waals surface area contributed by atoms with Gasteiger partial charge >= 0.3 is 6.36 Å². The van der Waals surface area contributed by atoms with Gasteiger partial charge in [-0.25, -0.2) is 9.97 Å². The van der Waals surface area contributed by atoms with Crippen LogP contribution >= 0.6 is 0 Å². The van der Waals surface area contributed by atoms with Gasteiger partial charge in [0.15, 0.2) is 0 Å². The lowest BCUT2D eigenvalue weighted by Crippen LogP contribution is -2.17. The molecule has 1 N–H and O–H groups in total. The van der Waals surface area contributed by atoms with Crippen LogP contribution in [0.25, 0.3) is 11.0 Å². The summed E-state index contributed by atoms with van der Waals surface area (Å²) in [6.07, 6.45) is 5.74. The number of alkyl halides is 3. The summed E-state index contributed by atoms with van der Waals surface area (Å²) in [5, 5.41) is 10.0. The maximum Gasteiger partial charge on any atom is 0.573 e. The van der Waals surface area contributed by atoms with E-state index in [4.69, 9.17) is 0 Å². The molecule has 1 aliphatic rings. The van der Waals surface area contributed by atoms with Gasteiger partial charge in [0.25, 0.3) is 0 Å². The van der Waals surface area contributed by atoms with Crippen LogP contribution in [0.2, 0.25) is 0 Å². The zero-order valence-corrected chi connectivity index (χ0v) is 14.6. The molecule has 0 radical (unpaired) electrons. The normalized spacial score (nSPS) is 15.7. The van der Waals surface area contributed by atoms with Crippen LogP contribution in [-0.2, 0) is 6.42 Å². The SMILES string of the molecule is Oc1nc2cc(OC(F)(F)F)ccc2nc1CCCCCC1CCCC1. The lowest BCUT2D eigenvalue weighted by atomic mass is 9.99. The Morgan fingerprint density at radius 1 is 1.04 bits per heavy atom. The molecule has 0 amide bonds. The van der Waals surface area contributed by atoms with Crippen molar-refractivity contribution in [3.05, 3.63) is 23.9 Å². The van der Waals surface area contributed by atoms with Crippen LogP contribution in [0.3, 0.4) is 0 Å². The fraction of sp³-hybridized carbons (Fsp3) is 0.579. The van der Waals surface area contributed by atoms with E-state index in [1.165, 1.54) is 50.7 Å². The van der Waals surface area contributed by atoms with E-state index in [1.54, 1.807) is 0 Å². The standard InChI is InChI=1S/C19H23F3N2O2/c20-19(21,22)26-14-10-11-15-17(12-14)24-18(25)16(23-15)9-3-1-2-6-13-7-4-5-8-13/h10-13H,1-9H2,(H,24,25). The Hall–Kier alpha value is -2.05. The smallest absolute Gasteiger partial charge is 0.492 e. The molecule has 1 heterocycles. The Labute approximate surface area is 150 Å². The van der Waals surface area contributed by atoms with Crippen LogP contribution in [-0.4, -0.2) is 21.4 Å². The molecule has 1 aromatic heterocycles. The number of aromatic nitrogens is 2. The molecule has 1 aliphatic carbocycles. The van der Waals surface area contributed by atoms with Gasteiger partial charge in [-0.15, -0.1) is 13.2 Å². The van der Waals surface area contributed by atoms with Crippen LogP contribution in [0.5, 0.6) is 11.6 Å². The van der Waals surface area contributed by atoms with Crippen molar-refractivity contribution in [1.82, 2.24) is 9.97 Å². The van der Waals surface area contributed by atoms with Gasteiger partial charge in [-0.2, -0.15) is 0 Å². The number of fused-ring (bicyclic) bond motifs is 1. The quantitative estimate of drug-likeness (QED) is 0.653. The van der Waals surface area contributed by atoms with Crippen molar-refractivity contribution < 1.29 is 23.0 Å². The fourth-order valence-electron chi connectivity index (χ4n) is 3.63. The molecule has 2 aromatic rings. The van der Waals surface area contributed by atoms with Gasteiger partial charge in [0.05, 0.1) is 11.0 Å². The zero-order valence-electron chi connectivity index (χ0n) is 14.6. The summed E-state index contributed by atoms with van der Waals surface area (Å²) in [7, 11) is 0. The number of halogens is 3. The van der Waals surface area contributed by atoms with Crippen molar-refractivity contribution in [2.24, 2.45) is 5.92 Å². The topological polar surface area (TPSA) is 55.2 Å². The minimum absolute atomic E-state index is 0.175. The highest BCUT2D eigenvalue weighted by Gasteiger charge is 2.31. The Bertz CT molecular complexity index is 743. The van der Waals surface area contributed by atoms with Crippen molar-refractivity contribution in [3.8, 4) is 11.6 Å². The molecule has 1 fully saturated rings. The third-order valence-corrected chi connectivity index (χ3v) is 4.92. The van der Waals surface area contributed by atoms with Crippen LogP contribution < -0.4 is 4.74 Å². The maximum absolute atomic E-state index is 12.3. The van der Waals surface area contributed by atoms with Crippen LogP contribution in [0.15, 0.2) is 18.2 Å². The molecule has 0 unspecified atom stereocenters. The molecule has 1 saturated carbocycles. The molecule has 0 saturated heterocycles. The Morgan fingerprint density at radius 3 is 2.54 bits per heavy atom. The van der Waals surface area contributed by atoms with Crippen molar-refractivity contribution in [3.63, 3.8) is 0 Å². The highest BCUT2D eigenvalue weighted by molar-refractivity contribution is 5.76. The number of ether oxygens (including phenoxy) is 1. The number of benzene rings is 1. The lowest BCUT2D eigenvalue weighted by Gasteiger charge is -2.10. The number of rotatable bonds is 7. The second kappa shape index (κ2) is 8.10. The fourth-order valence-corrected chi connectivity index (χ4v) is 3.63. The number of hydrogen-bond donors (Lipinski definition) is 1. The first-order chi connectivity index (χ1) is 12.4. The summed E-state index contributed by atoms with van der Waals surface area (Å²) in [4.78, 5) is 8.31. The summed E-state index contributed by atoms with van der Waals surface area (Å²) in [5.41, 5.74) is 1.11. The van der Waals surface area contributed by atoms with Gasteiger partial charge in [0.1, 0.15) is 11.4 Å². The van der Waals surface area contributed by atoms with Crippen molar-refractivity contribution in [2.75, 3.05) is 0 Å². The van der Waals surface area contributed by atoms with Gasteiger partial charge in [-0.1, -0.05) is 44.9 Å². The molecule has 26 heavy (non-hydrogen) atoms. The molecule has 0 spiro atoms. The number of aryl methyl sites for hydroxylation is 1. The predicted molar refractivity (Wildman–Crippen MR) is 92.0 cm³/mol. The highest BCUT2D eigenvalue weighted by atomic mass is 19.4. The molecule has 1 aromatic carbocycles. The largest absolute Gasteiger partial charge is 0.573 e. The first kappa shape index (κ1) is 18.7. The first-order valence-electron chi connectivity index (χ1n) is 9.16. The second-order valence-electron chi connectivity index (χ2n) is 6.94. The number of hydrogen-bond acceptors (Lipinski definition) is 4. The van der Waals surface area contributed by atoms with Gasteiger partial charge in [0.2, 0.25) is 5.88 Å². The van der Waals surface area contributed by atoms with Crippen molar-refractivity contribution in [2.45, 2.75) is 64.1 Å². The van der Waals surface area contributed by atoms with Gasteiger partial charge < -0.3 is 9.84 Å². The molecule has 0 aliphatic heterocycles. The molecular formula is C19H23F3N2O2. The number of aromatic hydroxyl groups is 1. The third kappa shape index (κ3) is 5.22. The molecule has 142 valence electrons. The first-order valence-corrected chi connectivity index (χ1v) is 9.16. The molecule has 0 atom stereocenters. The number of unbranched alkanes of at least 4 members (excludes halogenated alkanes) is 2. The van der Waals surface area contributed by atoms with Gasteiger partial charge in [-0.3, -0.25) is 0 Å². The van der Waals surface area contributed by atoms with Crippen molar-refractivity contribution in [1.29, 1.82) is 0 Å². The molecule has 3 rings (SSSR count). The average molecular weight is 368 g/mol. The van der Waals surface area contributed by atoms with E-state index in [-0.39, 0.29) is 17.1 Å². The predicted octanol–water partition coefficient (Wildman–Crippen LogP) is 5.53. The van der Waals surface area contributed by atoms with Crippen molar-refractivity contribution >= 4 is 11.0 Å². The summed E-state index contributed by atoms with van der Waals surface area (Å²) in [5.74, 6) is 0.285. The highest BCUT2D eigenvalue weighted by Crippen LogP contribution is 2.30. The average Bonchev–Trinajstić information content (AvgIpc) is 3.07. The summed E-state index contributed by atoms with van der Waals surface area (Å²) >= 11 is 0. The monoisotopic (exact) mass is 368 g/mol. The maximum atomic E-state index is 12.3. The molecular weight excluding hydrogens is 345 g/mol.